The Labute approximate surface area is 153 Å². The number of benzene rings is 1. The van der Waals surface area contributed by atoms with Gasteiger partial charge < -0.3 is 10.2 Å². The zero-order valence-electron chi connectivity index (χ0n) is 15.2. The maximum Gasteiger partial charge on any atom is 0.272 e. The molecule has 1 amide bonds. The Bertz CT molecular complexity index is 757. The SMILES string of the molecule is Cc1nc(NCCc2ccccc2F)cc(C(=O)N2CCCCCC2)n1. The van der Waals surface area contributed by atoms with E-state index in [-0.39, 0.29) is 11.7 Å². The number of likely N-dealkylation sites (tertiary alicyclic amines) is 1. The van der Waals surface area contributed by atoms with E-state index in [1.165, 1.54) is 18.9 Å². The van der Waals surface area contributed by atoms with Crippen LogP contribution in [0.4, 0.5) is 10.2 Å². The lowest BCUT2D eigenvalue weighted by atomic mass is 10.1. The summed E-state index contributed by atoms with van der Waals surface area (Å²) in [5.41, 5.74) is 1.08. The molecule has 1 aromatic carbocycles. The predicted molar refractivity (Wildman–Crippen MR) is 99.7 cm³/mol. The van der Waals surface area contributed by atoms with Crippen LogP contribution in [0.5, 0.6) is 0 Å². The molecular weight excluding hydrogens is 331 g/mol. The molecule has 2 heterocycles. The minimum atomic E-state index is -0.204. The summed E-state index contributed by atoms with van der Waals surface area (Å²) in [5, 5.41) is 3.18. The number of nitrogens with one attached hydrogen (secondary N) is 1. The molecule has 138 valence electrons. The third-order valence-electron chi connectivity index (χ3n) is 4.61. The van der Waals surface area contributed by atoms with Gasteiger partial charge in [-0.05, 0) is 37.8 Å². The molecule has 5 nitrogen and oxygen atoms in total. The normalized spacial score (nSPS) is 14.8. The van der Waals surface area contributed by atoms with Gasteiger partial charge in [-0.25, -0.2) is 14.4 Å². The summed E-state index contributed by atoms with van der Waals surface area (Å²) in [6.45, 7) is 3.89. The second-order valence-corrected chi connectivity index (χ2v) is 6.66. The first-order chi connectivity index (χ1) is 12.6. The quantitative estimate of drug-likeness (QED) is 0.889. The largest absolute Gasteiger partial charge is 0.370 e. The number of carbonyl (C=O) groups excluding carboxylic acids is 1. The smallest absolute Gasteiger partial charge is 0.272 e. The van der Waals surface area contributed by atoms with Gasteiger partial charge in [0.1, 0.15) is 23.2 Å². The van der Waals surface area contributed by atoms with Crippen molar-refractivity contribution < 1.29 is 9.18 Å². The Morgan fingerprint density at radius 2 is 1.88 bits per heavy atom. The molecular formula is C20H25FN4O. The van der Waals surface area contributed by atoms with E-state index in [1.807, 2.05) is 11.0 Å². The molecule has 1 fully saturated rings. The predicted octanol–water partition coefficient (Wildman–Crippen LogP) is 3.59. The number of hydrogen-bond donors (Lipinski definition) is 1. The Morgan fingerprint density at radius 3 is 2.62 bits per heavy atom. The number of hydrogen-bond acceptors (Lipinski definition) is 4. The van der Waals surface area contributed by atoms with Crippen molar-refractivity contribution in [3.8, 4) is 0 Å². The van der Waals surface area contributed by atoms with Gasteiger partial charge in [-0.2, -0.15) is 0 Å². The molecule has 0 radical (unpaired) electrons. The molecule has 1 N–H and O–H groups in total. The van der Waals surface area contributed by atoms with Crippen LogP contribution in [0.25, 0.3) is 0 Å². The number of rotatable bonds is 5. The van der Waals surface area contributed by atoms with E-state index < -0.39 is 0 Å². The molecule has 26 heavy (non-hydrogen) atoms. The average molecular weight is 356 g/mol. The highest BCUT2D eigenvalue weighted by atomic mass is 19.1. The highest BCUT2D eigenvalue weighted by Crippen LogP contribution is 2.15. The monoisotopic (exact) mass is 356 g/mol. The number of nitrogens with zero attached hydrogens (tertiary/aromatic N) is 3. The van der Waals surface area contributed by atoms with Crippen molar-refractivity contribution >= 4 is 11.7 Å². The lowest BCUT2D eigenvalue weighted by molar-refractivity contribution is 0.0755. The summed E-state index contributed by atoms with van der Waals surface area (Å²) in [6, 6.07) is 8.44. The first-order valence-electron chi connectivity index (χ1n) is 9.26. The Kier molecular flexibility index (Phi) is 6.15. The molecule has 0 saturated carbocycles. The fraction of sp³-hybridized carbons (Fsp3) is 0.450. The van der Waals surface area contributed by atoms with Gasteiger partial charge in [0.05, 0.1) is 0 Å². The molecule has 1 aliphatic heterocycles. The zero-order chi connectivity index (χ0) is 18.4. The first kappa shape index (κ1) is 18.3. The van der Waals surface area contributed by atoms with Crippen LogP contribution in [0, 0.1) is 12.7 Å². The van der Waals surface area contributed by atoms with Crippen molar-refractivity contribution in [2.45, 2.75) is 39.0 Å². The first-order valence-corrected chi connectivity index (χ1v) is 9.26. The molecule has 0 aliphatic carbocycles. The number of amides is 1. The van der Waals surface area contributed by atoms with E-state index in [2.05, 4.69) is 15.3 Å². The molecule has 0 unspecified atom stereocenters. The Balaban J connectivity index is 1.65. The zero-order valence-corrected chi connectivity index (χ0v) is 15.2. The van der Waals surface area contributed by atoms with Gasteiger partial charge in [0.25, 0.3) is 5.91 Å². The van der Waals surface area contributed by atoms with Crippen molar-refractivity contribution in [2.75, 3.05) is 25.0 Å². The summed E-state index contributed by atoms with van der Waals surface area (Å²) >= 11 is 0. The Morgan fingerprint density at radius 1 is 1.15 bits per heavy atom. The van der Waals surface area contributed by atoms with E-state index in [0.717, 1.165) is 25.9 Å². The standard InChI is InChI=1S/C20H25FN4O/c1-15-23-18(20(26)25-12-6-2-3-7-13-25)14-19(24-15)22-11-10-16-8-4-5-9-17(16)21/h4-5,8-9,14H,2-3,6-7,10-13H2,1H3,(H,22,23,24). The molecule has 1 aromatic heterocycles. The minimum absolute atomic E-state index is 0.0328. The maximum atomic E-state index is 13.7. The average Bonchev–Trinajstić information content (AvgIpc) is 2.92. The van der Waals surface area contributed by atoms with Crippen LogP contribution < -0.4 is 5.32 Å². The van der Waals surface area contributed by atoms with Crippen LogP contribution in [0.15, 0.2) is 30.3 Å². The third kappa shape index (κ3) is 4.77. The van der Waals surface area contributed by atoms with Crippen LogP contribution in [-0.4, -0.2) is 40.4 Å². The molecule has 0 bridgehead atoms. The van der Waals surface area contributed by atoms with Crippen LogP contribution >= 0.6 is 0 Å². The van der Waals surface area contributed by atoms with Crippen molar-refractivity contribution in [3.63, 3.8) is 0 Å². The summed E-state index contributed by atoms with van der Waals surface area (Å²) in [6.07, 6.45) is 4.99. The maximum absolute atomic E-state index is 13.7. The van der Waals surface area contributed by atoms with Gasteiger partial charge in [-0.1, -0.05) is 31.0 Å². The number of aryl methyl sites for hydroxylation is 1. The fourth-order valence-electron chi connectivity index (χ4n) is 3.23. The van der Waals surface area contributed by atoms with Crippen molar-refractivity contribution in [1.82, 2.24) is 14.9 Å². The van der Waals surface area contributed by atoms with Gasteiger partial charge >= 0.3 is 0 Å². The number of anilines is 1. The molecule has 6 heteroatoms. The highest BCUT2D eigenvalue weighted by molar-refractivity contribution is 5.93. The van der Waals surface area contributed by atoms with E-state index in [1.54, 1.807) is 25.1 Å². The van der Waals surface area contributed by atoms with Crippen molar-refractivity contribution in [2.24, 2.45) is 0 Å². The van der Waals surface area contributed by atoms with Crippen LogP contribution in [0.2, 0.25) is 0 Å². The summed E-state index contributed by atoms with van der Waals surface area (Å²) in [7, 11) is 0. The fourth-order valence-corrected chi connectivity index (χ4v) is 3.23. The second kappa shape index (κ2) is 8.74. The highest BCUT2D eigenvalue weighted by Gasteiger charge is 2.19. The van der Waals surface area contributed by atoms with E-state index in [4.69, 9.17) is 0 Å². The lowest BCUT2D eigenvalue weighted by Gasteiger charge is -2.20. The molecule has 3 rings (SSSR count). The lowest BCUT2D eigenvalue weighted by Crippen LogP contribution is -2.32. The second-order valence-electron chi connectivity index (χ2n) is 6.66. The minimum Gasteiger partial charge on any atom is -0.370 e. The van der Waals surface area contributed by atoms with Gasteiger partial charge in [-0.15, -0.1) is 0 Å². The number of carbonyl (C=O) groups is 1. The molecule has 1 saturated heterocycles. The molecule has 2 aromatic rings. The van der Waals surface area contributed by atoms with Crippen LogP contribution in [0.1, 0.15) is 47.6 Å². The van der Waals surface area contributed by atoms with Gasteiger partial charge in [0.2, 0.25) is 0 Å². The summed E-state index contributed by atoms with van der Waals surface area (Å²) < 4.78 is 13.7. The van der Waals surface area contributed by atoms with Gasteiger partial charge in [0, 0.05) is 25.7 Å². The topological polar surface area (TPSA) is 58.1 Å². The van der Waals surface area contributed by atoms with Gasteiger partial charge in [0.15, 0.2) is 0 Å². The third-order valence-corrected chi connectivity index (χ3v) is 4.61. The van der Waals surface area contributed by atoms with E-state index in [9.17, 15) is 9.18 Å². The Hall–Kier alpha value is -2.50. The number of aromatic nitrogens is 2. The van der Waals surface area contributed by atoms with Gasteiger partial charge in [-0.3, -0.25) is 4.79 Å². The molecule has 0 atom stereocenters. The van der Waals surface area contributed by atoms with E-state index >= 15 is 0 Å². The summed E-state index contributed by atoms with van der Waals surface area (Å²) in [5.74, 6) is 0.922. The summed E-state index contributed by atoms with van der Waals surface area (Å²) in [4.78, 5) is 23.3. The van der Waals surface area contributed by atoms with Crippen molar-refractivity contribution in [3.05, 3.63) is 53.2 Å². The molecule has 0 spiro atoms. The number of halogens is 1. The van der Waals surface area contributed by atoms with Crippen molar-refractivity contribution in [1.29, 1.82) is 0 Å². The van der Waals surface area contributed by atoms with Crippen LogP contribution in [0.3, 0.4) is 0 Å². The van der Waals surface area contributed by atoms with E-state index in [0.29, 0.717) is 35.9 Å². The van der Waals surface area contributed by atoms with Crippen LogP contribution in [-0.2, 0) is 6.42 Å². The molecule has 1 aliphatic rings.